The van der Waals surface area contributed by atoms with Crippen LogP contribution in [0.15, 0.2) is 30.3 Å². The van der Waals surface area contributed by atoms with Gasteiger partial charge in [0.1, 0.15) is 5.60 Å². The van der Waals surface area contributed by atoms with E-state index in [1.165, 1.54) is 0 Å². The molecule has 7 heteroatoms. The van der Waals surface area contributed by atoms with Crippen LogP contribution in [-0.4, -0.2) is 17.7 Å². The van der Waals surface area contributed by atoms with E-state index in [1.54, 1.807) is 24.5 Å². The number of hydrogen-bond donors (Lipinski definition) is 1. The normalized spacial score (nSPS) is 14.5. The number of fused-ring (bicyclic) bond motifs is 1. The first-order chi connectivity index (χ1) is 13.3. The second-order valence-electron chi connectivity index (χ2n) is 7.36. The monoisotopic (exact) mass is 434 g/mol. The summed E-state index contributed by atoms with van der Waals surface area (Å²) < 4.78 is 11.7. The van der Waals surface area contributed by atoms with Crippen LogP contribution in [0, 0.1) is 6.92 Å². The largest absolute Gasteiger partial charge is 0.493 e. The Balaban J connectivity index is 1.71. The van der Waals surface area contributed by atoms with Crippen molar-refractivity contribution in [2.45, 2.75) is 32.8 Å². The maximum absolute atomic E-state index is 6.29. The van der Waals surface area contributed by atoms with Crippen LogP contribution in [-0.2, 0) is 6.42 Å². The Morgan fingerprint density at radius 3 is 2.79 bits per heavy atom. The number of benzene rings is 2. The van der Waals surface area contributed by atoms with Gasteiger partial charge in [-0.05, 0) is 45.0 Å². The molecule has 3 aromatic rings. The average Bonchev–Trinajstić information content (AvgIpc) is 3.15. The van der Waals surface area contributed by atoms with Crippen molar-refractivity contribution >= 4 is 45.4 Å². The summed E-state index contributed by atoms with van der Waals surface area (Å²) in [4.78, 5) is 5.89. The fraction of sp³-hybridized carbons (Fsp3) is 0.286. The summed E-state index contributed by atoms with van der Waals surface area (Å²) in [5, 5.41) is 5.02. The van der Waals surface area contributed by atoms with E-state index in [0.29, 0.717) is 10.0 Å². The summed E-state index contributed by atoms with van der Waals surface area (Å²) in [6, 6.07) is 9.62. The van der Waals surface area contributed by atoms with E-state index in [-0.39, 0.29) is 5.60 Å². The first-order valence-electron chi connectivity index (χ1n) is 8.86. The third-order valence-electron chi connectivity index (χ3n) is 4.61. The van der Waals surface area contributed by atoms with Gasteiger partial charge in [0, 0.05) is 22.4 Å². The van der Waals surface area contributed by atoms with Crippen LogP contribution in [0.3, 0.4) is 0 Å². The van der Waals surface area contributed by atoms with Gasteiger partial charge in [0.2, 0.25) is 0 Å². The summed E-state index contributed by atoms with van der Waals surface area (Å²) in [6.07, 6.45) is 0.832. The summed E-state index contributed by atoms with van der Waals surface area (Å²) in [5.41, 5.74) is 3.56. The van der Waals surface area contributed by atoms with Crippen LogP contribution in [0.5, 0.6) is 11.5 Å². The van der Waals surface area contributed by atoms with E-state index in [4.69, 9.17) is 37.7 Å². The molecule has 0 saturated carbocycles. The van der Waals surface area contributed by atoms with Gasteiger partial charge in [-0.25, -0.2) is 4.98 Å². The van der Waals surface area contributed by atoms with Crippen molar-refractivity contribution in [2.75, 3.05) is 12.4 Å². The number of rotatable bonds is 4. The Hall–Kier alpha value is -1.95. The fourth-order valence-corrected chi connectivity index (χ4v) is 4.60. The molecule has 2 aromatic carbocycles. The highest BCUT2D eigenvalue weighted by Crippen LogP contribution is 2.45. The highest BCUT2D eigenvalue weighted by Gasteiger charge is 2.33. The molecule has 1 aliphatic rings. The van der Waals surface area contributed by atoms with Gasteiger partial charge in [-0.3, -0.25) is 0 Å². The lowest BCUT2D eigenvalue weighted by molar-refractivity contribution is 0.134. The zero-order valence-corrected chi connectivity index (χ0v) is 18.4. The molecule has 0 aliphatic carbocycles. The summed E-state index contributed by atoms with van der Waals surface area (Å²) in [6.45, 7) is 6.21. The molecule has 146 valence electrons. The number of aryl methyl sites for hydroxylation is 1. The van der Waals surface area contributed by atoms with Crippen molar-refractivity contribution in [1.29, 1.82) is 0 Å². The number of nitrogens with zero attached hydrogens (tertiary/aromatic N) is 1. The number of anilines is 2. The Morgan fingerprint density at radius 2 is 2.04 bits per heavy atom. The molecule has 0 fully saturated rings. The maximum Gasteiger partial charge on any atom is 0.188 e. The molecule has 0 amide bonds. The molecule has 0 bridgehead atoms. The molecule has 0 unspecified atom stereocenters. The predicted molar refractivity (Wildman–Crippen MR) is 117 cm³/mol. The van der Waals surface area contributed by atoms with Crippen LogP contribution in [0.2, 0.25) is 10.0 Å². The van der Waals surface area contributed by atoms with Crippen LogP contribution < -0.4 is 14.8 Å². The van der Waals surface area contributed by atoms with E-state index in [9.17, 15) is 0 Å². The zero-order chi connectivity index (χ0) is 20.1. The number of thiazole rings is 1. The minimum absolute atomic E-state index is 0.235. The number of halogens is 2. The lowest BCUT2D eigenvalue weighted by atomic mass is 9.99. The van der Waals surface area contributed by atoms with Crippen LogP contribution in [0.1, 0.15) is 24.3 Å². The Kier molecular flexibility index (Phi) is 4.94. The van der Waals surface area contributed by atoms with Gasteiger partial charge in [-0.2, -0.15) is 0 Å². The van der Waals surface area contributed by atoms with E-state index >= 15 is 0 Å². The molecule has 0 atom stereocenters. The maximum atomic E-state index is 6.29. The van der Waals surface area contributed by atoms with Crippen molar-refractivity contribution in [3.8, 4) is 22.8 Å². The molecule has 0 saturated heterocycles. The highest BCUT2D eigenvalue weighted by molar-refractivity contribution is 7.16. The lowest BCUT2D eigenvalue weighted by Gasteiger charge is -2.17. The van der Waals surface area contributed by atoms with Crippen molar-refractivity contribution in [2.24, 2.45) is 0 Å². The molecule has 1 N–H and O–H groups in total. The molecule has 1 aromatic heterocycles. The van der Waals surface area contributed by atoms with Gasteiger partial charge >= 0.3 is 0 Å². The van der Waals surface area contributed by atoms with Gasteiger partial charge in [0.05, 0.1) is 28.5 Å². The summed E-state index contributed by atoms with van der Waals surface area (Å²) in [7, 11) is 1.66. The second kappa shape index (κ2) is 7.14. The SMILES string of the molecule is COc1cc(-c2nc(Nc3cccc(Cl)c3Cl)sc2C)cc2c1OC(C)(C)C2. The molecule has 0 spiro atoms. The van der Waals surface area contributed by atoms with Gasteiger partial charge in [0.25, 0.3) is 0 Å². The minimum atomic E-state index is -0.235. The average molecular weight is 435 g/mol. The Morgan fingerprint density at radius 1 is 1.25 bits per heavy atom. The Labute approximate surface area is 178 Å². The van der Waals surface area contributed by atoms with E-state index in [2.05, 4.69) is 32.2 Å². The molecule has 4 nitrogen and oxygen atoms in total. The number of methoxy groups -OCH3 is 1. The van der Waals surface area contributed by atoms with Gasteiger partial charge in [-0.15, -0.1) is 11.3 Å². The fourth-order valence-electron chi connectivity index (χ4n) is 3.40. The number of hydrogen-bond acceptors (Lipinski definition) is 5. The zero-order valence-electron chi connectivity index (χ0n) is 16.0. The van der Waals surface area contributed by atoms with Crippen molar-refractivity contribution < 1.29 is 9.47 Å². The second-order valence-corrected chi connectivity index (χ2v) is 9.34. The minimum Gasteiger partial charge on any atom is -0.493 e. The van der Waals surface area contributed by atoms with Crippen LogP contribution in [0.4, 0.5) is 10.8 Å². The van der Waals surface area contributed by atoms with E-state index in [0.717, 1.165) is 50.4 Å². The molecular formula is C21H20Cl2N2O2S. The highest BCUT2D eigenvalue weighted by atomic mass is 35.5. The van der Waals surface area contributed by atoms with E-state index < -0.39 is 0 Å². The third kappa shape index (κ3) is 3.54. The standard InChI is InChI=1S/C21H20Cl2N2O2S/c1-11-18(25-20(28-11)24-15-7-5-6-14(22)17(15)23)12-8-13-10-21(2,3)27-19(13)16(9-12)26-4/h5-9H,10H2,1-4H3,(H,24,25). The predicted octanol–water partition coefficient (Wildman–Crippen LogP) is 6.89. The molecule has 1 aliphatic heterocycles. The topological polar surface area (TPSA) is 43.4 Å². The van der Waals surface area contributed by atoms with Gasteiger partial charge in [0.15, 0.2) is 16.6 Å². The summed E-state index contributed by atoms with van der Waals surface area (Å²) in [5.74, 6) is 1.56. The Bertz CT molecular complexity index is 1060. The first-order valence-corrected chi connectivity index (χ1v) is 10.4. The number of aromatic nitrogens is 1. The van der Waals surface area contributed by atoms with Crippen LogP contribution >= 0.6 is 34.5 Å². The lowest BCUT2D eigenvalue weighted by Crippen LogP contribution is -2.24. The molecule has 4 rings (SSSR count). The molecule has 0 radical (unpaired) electrons. The van der Waals surface area contributed by atoms with Crippen molar-refractivity contribution in [3.05, 3.63) is 50.8 Å². The third-order valence-corrected chi connectivity index (χ3v) is 6.31. The van der Waals surface area contributed by atoms with Gasteiger partial charge in [-0.1, -0.05) is 29.3 Å². The molecular weight excluding hydrogens is 415 g/mol. The van der Waals surface area contributed by atoms with Crippen molar-refractivity contribution in [1.82, 2.24) is 4.98 Å². The quantitative estimate of drug-likeness (QED) is 0.485. The van der Waals surface area contributed by atoms with Crippen molar-refractivity contribution in [3.63, 3.8) is 0 Å². The van der Waals surface area contributed by atoms with E-state index in [1.807, 2.05) is 18.2 Å². The molecule has 28 heavy (non-hydrogen) atoms. The van der Waals surface area contributed by atoms with Gasteiger partial charge < -0.3 is 14.8 Å². The molecule has 2 heterocycles. The smallest absolute Gasteiger partial charge is 0.188 e. The number of ether oxygens (including phenoxy) is 2. The first kappa shape index (κ1) is 19.4. The summed E-state index contributed by atoms with van der Waals surface area (Å²) >= 11 is 14.0. The van der Waals surface area contributed by atoms with Crippen LogP contribution in [0.25, 0.3) is 11.3 Å². The number of nitrogens with one attached hydrogen (secondary N) is 1.